The standard InChI is InChI=1S/C21H21N3O4S/c1-12-4-7-16(10-13(12)2)23-21-24(3)18(25)11-17(29-21)19(26)22-15-8-5-14(6-9-15)20(27)28/h4-10,17H,11H2,1-3H3,(H,22,26)(H,27,28)/t17-/m1/s1. The van der Waals surface area contributed by atoms with E-state index in [4.69, 9.17) is 5.11 Å². The lowest BCUT2D eigenvalue weighted by Gasteiger charge is -2.28. The third-order valence-corrected chi connectivity index (χ3v) is 5.92. The zero-order valence-electron chi connectivity index (χ0n) is 16.3. The van der Waals surface area contributed by atoms with Crippen LogP contribution in [0.3, 0.4) is 0 Å². The summed E-state index contributed by atoms with van der Waals surface area (Å²) in [6, 6.07) is 11.7. The van der Waals surface area contributed by atoms with Gasteiger partial charge in [0.05, 0.1) is 11.3 Å². The Morgan fingerprint density at radius 2 is 1.83 bits per heavy atom. The summed E-state index contributed by atoms with van der Waals surface area (Å²) >= 11 is 1.23. The maximum absolute atomic E-state index is 12.7. The van der Waals surface area contributed by atoms with E-state index in [1.807, 2.05) is 32.0 Å². The van der Waals surface area contributed by atoms with Crippen molar-refractivity contribution in [2.75, 3.05) is 12.4 Å². The van der Waals surface area contributed by atoms with E-state index in [-0.39, 0.29) is 23.8 Å². The van der Waals surface area contributed by atoms with Crippen molar-refractivity contribution in [3.8, 4) is 0 Å². The summed E-state index contributed by atoms with van der Waals surface area (Å²) in [6.07, 6.45) is 0.0617. The van der Waals surface area contributed by atoms with Gasteiger partial charge in [0.25, 0.3) is 0 Å². The molecule has 29 heavy (non-hydrogen) atoms. The number of amidine groups is 1. The molecule has 1 aliphatic heterocycles. The number of aliphatic imine (C=N–C) groups is 1. The maximum Gasteiger partial charge on any atom is 0.335 e. The number of amides is 2. The molecule has 150 valence electrons. The third kappa shape index (κ3) is 4.83. The van der Waals surface area contributed by atoms with Gasteiger partial charge in [0.2, 0.25) is 11.8 Å². The molecule has 1 saturated heterocycles. The first kappa shape index (κ1) is 20.6. The van der Waals surface area contributed by atoms with Gasteiger partial charge in [-0.05, 0) is 61.4 Å². The van der Waals surface area contributed by atoms with Gasteiger partial charge in [-0.15, -0.1) is 0 Å². The number of carboxylic acids is 1. The number of anilines is 1. The molecule has 2 aromatic rings. The largest absolute Gasteiger partial charge is 0.478 e. The number of rotatable bonds is 4. The summed E-state index contributed by atoms with van der Waals surface area (Å²) in [5.41, 5.74) is 3.58. The molecule has 1 heterocycles. The fourth-order valence-corrected chi connectivity index (χ4v) is 3.79. The predicted octanol–water partition coefficient (Wildman–Crippen LogP) is 3.59. The number of aryl methyl sites for hydroxylation is 2. The molecule has 0 saturated carbocycles. The quantitative estimate of drug-likeness (QED) is 0.801. The summed E-state index contributed by atoms with van der Waals surface area (Å²) in [7, 11) is 1.65. The van der Waals surface area contributed by atoms with Gasteiger partial charge in [0, 0.05) is 19.2 Å². The summed E-state index contributed by atoms with van der Waals surface area (Å²) in [6.45, 7) is 4.01. The van der Waals surface area contributed by atoms with Crippen molar-refractivity contribution >= 4 is 46.1 Å². The number of nitrogens with one attached hydrogen (secondary N) is 1. The Bertz CT molecular complexity index is 1000. The average molecular weight is 411 g/mol. The Hall–Kier alpha value is -3.13. The number of carboxylic acid groups (broad SMARTS) is 1. The topological polar surface area (TPSA) is 99.1 Å². The number of benzene rings is 2. The molecule has 3 rings (SSSR count). The minimum Gasteiger partial charge on any atom is -0.478 e. The normalized spacial score (nSPS) is 18.0. The molecular formula is C21H21N3O4S. The molecule has 0 radical (unpaired) electrons. The molecule has 2 N–H and O–H groups in total. The predicted molar refractivity (Wildman–Crippen MR) is 114 cm³/mol. The highest BCUT2D eigenvalue weighted by molar-refractivity contribution is 8.15. The van der Waals surface area contributed by atoms with Gasteiger partial charge in [-0.1, -0.05) is 17.8 Å². The van der Waals surface area contributed by atoms with Gasteiger partial charge in [0.1, 0.15) is 5.25 Å². The van der Waals surface area contributed by atoms with Crippen LogP contribution in [-0.4, -0.2) is 45.3 Å². The van der Waals surface area contributed by atoms with E-state index in [0.29, 0.717) is 10.9 Å². The van der Waals surface area contributed by atoms with Crippen LogP contribution in [0.15, 0.2) is 47.5 Å². The highest BCUT2D eigenvalue weighted by Crippen LogP contribution is 2.29. The zero-order valence-corrected chi connectivity index (χ0v) is 17.1. The Labute approximate surface area is 172 Å². The van der Waals surface area contributed by atoms with Crippen molar-refractivity contribution in [3.63, 3.8) is 0 Å². The smallest absolute Gasteiger partial charge is 0.335 e. The molecule has 0 bridgehead atoms. The highest BCUT2D eigenvalue weighted by Gasteiger charge is 2.34. The molecule has 0 spiro atoms. The van der Waals surface area contributed by atoms with Gasteiger partial charge >= 0.3 is 5.97 Å². The zero-order chi connectivity index (χ0) is 21.1. The lowest BCUT2D eigenvalue weighted by Crippen LogP contribution is -2.43. The highest BCUT2D eigenvalue weighted by atomic mass is 32.2. The molecule has 0 aliphatic carbocycles. The molecular weight excluding hydrogens is 390 g/mol. The Balaban J connectivity index is 1.76. The van der Waals surface area contributed by atoms with E-state index in [2.05, 4.69) is 10.3 Å². The second-order valence-corrected chi connectivity index (χ2v) is 7.97. The van der Waals surface area contributed by atoms with Gasteiger partial charge in [-0.2, -0.15) is 0 Å². The lowest BCUT2D eigenvalue weighted by atomic mass is 10.1. The number of carbonyl (C=O) groups excluding carboxylic acids is 2. The molecule has 2 aromatic carbocycles. The fraction of sp³-hybridized carbons (Fsp3) is 0.238. The number of aromatic carboxylic acids is 1. The first-order valence-corrected chi connectivity index (χ1v) is 9.86. The Morgan fingerprint density at radius 3 is 2.45 bits per heavy atom. The molecule has 1 atom stereocenters. The van der Waals surface area contributed by atoms with Crippen LogP contribution in [-0.2, 0) is 9.59 Å². The second kappa shape index (κ2) is 8.48. The van der Waals surface area contributed by atoms with Crippen molar-refractivity contribution in [3.05, 3.63) is 59.2 Å². The van der Waals surface area contributed by atoms with Crippen LogP contribution in [0.25, 0.3) is 0 Å². The van der Waals surface area contributed by atoms with E-state index in [0.717, 1.165) is 16.8 Å². The van der Waals surface area contributed by atoms with Gasteiger partial charge < -0.3 is 10.4 Å². The maximum atomic E-state index is 12.7. The SMILES string of the molecule is Cc1ccc(N=C2S[C@@H](C(=O)Nc3ccc(C(=O)O)cc3)CC(=O)N2C)cc1C. The number of carbonyl (C=O) groups is 3. The van der Waals surface area contributed by atoms with Crippen LogP contribution >= 0.6 is 11.8 Å². The second-order valence-electron chi connectivity index (χ2n) is 6.80. The minimum absolute atomic E-state index is 0.0617. The molecule has 0 aromatic heterocycles. The first-order chi connectivity index (χ1) is 13.7. The number of hydrogen-bond donors (Lipinski definition) is 2. The number of hydrogen-bond acceptors (Lipinski definition) is 5. The van der Waals surface area contributed by atoms with Crippen LogP contribution in [0.4, 0.5) is 11.4 Å². The van der Waals surface area contributed by atoms with Crippen molar-refractivity contribution in [2.24, 2.45) is 4.99 Å². The average Bonchev–Trinajstić information content (AvgIpc) is 2.68. The van der Waals surface area contributed by atoms with Gasteiger partial charge in [-0.25, -0.2) is 9.79 Å². The third-order valence-electron chi connectivity index (χ3n) is 4.68. The Kier molecular flexibility index (Phi) is 6.03. The van der Waals surface area contributed by atoms with Crippen molar-refractivity contribution in [1.29, 1.82) is 0 Å². The van der Waals surface area contributed by atoms with Gasteiger partial charge in [-0.3, -0.25) is 14.5 Å². The molecule has 1 fully saturated rings. The van der Waals surface area contributed by atoms with Crippen molar-refractivity contribution < 1.29 is 19.5 Å². The Morgan fingerprint density at radius 1 is 1.14 bits per heavy atom. The molecule has 1 aliphatic rings. The minimum atomic E-state index is -1.04. The molecule has 2 amide bonds. The summed E-state index contributed by atoms with van der Waals surface area (Å²) in [4.78, 5) is 42.0. The van der Waals surface area contributed by atoms with Crippen LogP contribution in [0, 0.1) is 13.8 Å². The molecule has 7 nitrogen and oxygen atoms in total. The monoisotopic (exact) mass is 411 g/mol. The summed E-state index contributed by atoms with van der Waals surface area (Å²) < 4.78 is 0. The number of nitrogens with zero attached hydrogens (tertiary/aromatic N) is 2. The molecule has 0 unspecified atom stereocenters. The van der Waals surface area contributed by atoms with E-state index < -0.39 is 11.2 Å². The van der Waals surface area contributed by atoms with Crippen LogP contribution < -0.4 is 5.32 Å². The summed E-state index contributed by atoms with van der Waals surface area (Å²) in [5, 5.41) is 11.5. The van der Waals surface area contributed by atoms with E-state index in [9.17, 15) is 14.4 Å². The van der Waals surface area contributed by atoms with Crippen LogP contribution in [0.5, 0.6) is 0 Å². The summed E-state index contributed by atoms with van der Waals surface area (Å²) in [5.74, 6) is -1.55. The van der Waals surface area contributed by atoms with Crippen molar-refractivity contribution in [2.45, 2.75) is 25.5 Å². The van der Waals surface area contributed by atoms with E-state index in [1.165, 1.54) is 40.9 Å². The lowest BCUT2D eigenvalue weighted by molar-refractivity contribution is -0.128. The number of thioether (sulfide) groups is 1. The van der Waals surface area contributed by atoms with Gasteiger partial charge in [0.15, 0.2) is 5.17 Å². The fourth-order valence-electron chi connectivity index (χ4n) is 2.72. The van der Waals surface area contributed by atoms with E-state index in [1.54, 1.807) is 7.05 Å². The van der Waals surface area contributed by atoms with Crippen LogP contribution in [0.2, 0.25) is 0 Å². The first-order valence-electron chi connectivity index (χ1n) is 8.98. The van der Waals surface area contributed by atoms with E-state index >= 15 is 0 Å². The van der Waals surface area contributed by atoms with Crippen molar-refractivity contribution in [1.82, 2.24) is 4.90 Å². The van der Waals surface area contributed by atoms with Crippen LogP contribution in [0.1, 0.15) is 27.9 Å². The molecule has 8 heteroatoms.